The summed E-state index contributed by atoms with van der Waals surface area (Å²) in [5.74, 6) is -3.02. The molecule has 0 spiro atoms. The van der Waals surface area contributed by atoms with E-state index in [0.29, 0.717) is 0 Å². The standard InChI is InChI=1S/C11H14F2N2O2/c1-11(2,17)5-15-10(16)6-3-4-7(12)8(13)9(6)14/h3-4,17H,5,14H2,1-2H3,(H,15,16). The number of nitrogen functional groups attached to an aromatic ring is 1. The van der Waals surface area contributed by atoms with Crippen molar-refractivity contribution in [3.63, 3.8) is 0 Å². The van der Waals surface area contributed by atoms with Crippen molar-refractivity contribution in [1.82, 2.24) is 5.32 Å². The lowest BCUT2D eigenvalue weighted by molar-refractivity contribution is 0.0694. The third kappa shape index (κ3) is 3.39. The molecule has 17 heavy (non-hydrogen) atoms. The van der Waals surface area contributed by atoms with Crippen LogP contribution in [-0.4, -0.2) is 23.2 Å². The Bertz CT molecular complexity index is 442. The van der Waals surface area contributed by atoms with Gasteiger partial charge < -0.3 is 16.2 Å². The number of amides is 1. The quantitative estimate of drug-likeness (QED) is 0.695. The van der Waals surface area contributed by atoms with Gasteiger partial charge in [-0.2, -0.15) is 0 Å². The molecule has 0 aliphatic rings. The zero-order valence-corrected chi connectivity index (χ0v) is 9.55. The average molecular weight is 244 g/mol. The van der Waals surface area contributed by atoms with E-state index in [1.54, 1.807) is 0 Å². The van der Waals surface area contributed by atoms with Gasteiger partial charge in [0, 0.05) is 6.54 Å². The smallest absolute Gasteiger partial charge is 0.253 e. The molecule has 0 bridgehead atoms. The first-order valence-corrected chi connectivity index (χ1v) is 4.96. The van der Waals surface area contributed by atoms with Crippen LogP contribution in [0.1, 0.15) is 24.2 Å². The Morgan fingerprint density at radius 1 is 1.47 bits per heavy atom. The predicted molar refractivity (Wildman–Crippen MR) is 59.4 cm³/mol. The topological polar surface area (TPSA) is 75.3 Å². The highest BCUT2D eigenvalue weighted by molar-refractivity contribution is 5.99. The number of carbonyl (C=O) groups is 1. The summed E-state index contributed by atoms with van der Waals surface area (Å²) in [5.41, 5.74) is 3.49. The van der Waals surface area contributed by atoms with Gasteiger partial charge in [-0.05, 0) is 26.0 Å². The van der Waals surface area contributed by atoms with Crippen molar-refractivity contribution in [3.05, 3.63) is 29.3 Å². The van der Waals surface area contributed by atoms with Crippen molar-refractivity contribution in [2.75, 3.05) is 12.3 Å². The Labute approximate surface area is 97.4 Å². The number of hydrogen-bond donors (Lipinski definition) is 3. The Kier molecular flexibility index (Phi) is 3.67. The second kappa shape index (κ2) is 4.67. The number of halogens is 2. The Morgan fingerprint density at radius 2 is 2.06 bits per heavy atom. The van der Waals surface area contributed by atoms with Crippen LogP contribution in [-0.2, 0) is 0 Å². The first kappa shape index (κ1) is 13.4. The van der Waals surface area contributed by atoms with Gasteiger partial charge in [-0.3, -0.25) is 4.79 Å². The molecule has 6 heteroatoms. The summed E-state index contributed by atoms with van der Waals surface area (Å²) in [5, 5.41) is 11.8. The average Bonchev–Trinajstić information content (AvgIpc) is 2.22. The van der Waals surface area contributed by atoms with Crippen LogP contribution < -0.4 is 11.1 Å². The molecule has 1 aromatic rings. The number of anilines is 1. The minimum absolute atomic E-state index is 0.0235. The van der Waals surface area contributed by atoms with Crippen LogP contribution in [0.25, 0.3) is 0 Å². The van der Waals surface area contributed by atoms with Gasteiger partial charge in [-0.1, -0.05) is 0 Å². The van der Waals surface area contributed by atoms with Crippen molar-refractivity contribution in [2.24, 2.45) is 0 Å². The van der Waals surface area contributed by atoms with Gasteiger partial charge in [0.1, 0.15) is 0 Å². The maximum absolute atomic E-state index is 13.1. The minimum Gasteiger partial charge on any atom is -0.396 e. The summed E-state index contributed by atoms with van der Waals surface area (Å²) < 4.78 is 25.9. The highest BCUT2D eigenvalue weighted by Crippen LogP contribution is 2.19. The van der Waals surface area contributed by atoms with Crippen molar-refractivity contribution in [2.45, 2.75) is 19.4 Å². The van der Waals surface area contributed by atoms with Crippen molar-refractivity contribution < 1.29 is 18.7 Å². The van der Waals surface area contributed by atoms with Crippen LogP contribution in [0, 0.1) is 11.6 Å². The molecule has 1 amide bonds. The Hall–Kier alpha value is -1.69. The molecule has 1 aromatic carbocycles. The van der Waals surface area contributed by atoms with E-state index in [9.17, 15) is 18.7 Å². The fourth-order valence-corrected chi connectivity index (χ4v) is 1.16. The summed E-state index contributed by atoms with van der Waals surface area (Å²) in [4.78, 5) is 11.6. The third-order valence-electron chi connectivity index (χ3n) is 2.06. The fraction of sp³-hybridized carbons (Fsp3) is 0.364. The highest BCUT2D eigenvalue weighted by atomic mass is 19.2. The van der Waals surface area contributed by atoms with E-state index in [0.717, 1.165) is 12.1 Å². The van der Waals surface area contributed by atoms with E-state index < -0.39 is 28.8 Å². The fourth-order valence-electron chi connectivity index (χ4n) is 1.16. The molecule has 0 aliphatic heterocycles. The largest absolute Gasteiger partial charge is 0.396 e. The number of nitrogens with two attached hydrogens (primary N) is 1. The Morgan fingerprint density at radius 3 is 2.59 bits per heavy atom. The number of hydrogen-bond acceptors (Lipinski definition) is 3. The van der Waals surface area contributed by atoms with E-state index in [2.05, 4.69) is 5.32 Å². The number of carbonyl (C=O) groups excluding carboxylic acids is 1. The molecule has 0 radical (unpaired) electrons. The SMILES string of the molecule is CC(C)(O)CNC(=O)c1ccc(F)c(F)c1N. The molecule has 0 heterocycles. The molecule has 94 valence electrons. The highest BCUT2D eigenvalue weighted by Gasteiger charge is 2.19. The lowest BCUT2D eigenvalue weighted by Gasteiger charge is -2.18. The zero-order valence-electron chi connectivity index (χ0n) is 9.55. The second-order valence-electron chi connectivity index (χ2n) is 4.32. The summed E-state index contributed by atoms with van der Waals surface area (Å²) >= 11 is 0. The van der Waals surface area contributed by atoms with Crippen molar-refractivity contribution in [3.8, 4) is 0 Å². The molecule has 0 aromatic heterocycles. The van der Waals surface area contributed by atoms with Gasteiger partial charge in [0.2, 0.25) is 0 Å². The van der Waals surface area contributed by atoms with Crippen LogP contribution in [0.15, 0.2) is 12.1 Å². The molecule has 0 unspecified atom stereocenters. The number of benzene rings is 1. The second-order valence-corrected chi connectivity index (χ2v) is 4.32. The van der Waals surface area contributed by atoms with E-state index in [1.807, 2.05) is 0 Å². The van der Waals surface area contributed by atoms with Gasteiger partial charge in [0.05, 0.1) is 16.9 Å². The molecule has 4 nitrogen and oxygen atoms in total. The molecule has 0 saturated carbocycles. The number of aliphatic hydroxyl groups is 1. The van der Waals surface area contributed by atoms with Crippen molar-refractivity contribution in [1.29, 1.82) is 0 Å². The molecular weight excluding hydrogens is 230 g/mol. The molecule has 1 rings (SSSR count). The van der Waals surface area contributed by atoms with E-state index in [4.69, 9.17) is 5.73 Å². The van der Waals surface area contributed by atoms with Crippen LogP contribution in [0.5, 0.6) is 0 Å². The zero-order chi connectivity index (χ0) is 13.2. The van der Waals surface area contributed by atoms with Gasteiger partial charge in [-0.15, -0.1) is 0 Å². The van der Waals surface area contributed by atoms with E-state index in [-0.39, 0.29) is 12.1 Å². The van der Waals surface area contributed by atoms with Crippen LogP contribution in [0.4, 0.5) is 14.5 Å². The first-order valence-electron chi connectivity index (χ1n) is 4.96. The molecule has 0 aliphatic carbocycles. The lowest BCUT2D eigenvalue weighted by atomic mass is 10.1. The summed E-state index contributed by atoms with van der Waals surface area (Å²) in [7, 11) is 0. The van der Waals surface area contributed by atoms with Gasteiger partial charge in [-0.25, -0.2) is 8.78 Å². The van der Waals surface area contributed by atoms with Gasteiger partial charge in [0.15, 0.2) is 11.6 Å². The Balaban J connectivity index is 2.87. The maximum Gasteiger partial charge on any atom is 0.253 e. The van der Waals surface area contributed by atoms with Gasteiger partial charge >= 0.3 is 0 Å². The molecule has 0 atom stereocenters. The van der Waals surface area contributed by atoms with Gasteiger partial charge in [0.25, 0.3) is 5.91 Å². The van der Waals surface area contributed by atoms with Crippen molar-refractivity contribution >= 4 is 11.6 Å². The monoisotopic (exact) mass is 244 g/mol. The van der Waals surface area contributed by atoms with Crippen LogP contribution in [0.3, 0.4) is 0 Å². The van der Waals surface area contributed by atoms with Crippen LogP contribution >= 0.6 is 0 Å². The summed E-state index contributed by atoms with van der Waals surface area (Å²) in [6, 6.07) is 1.91. The number of nitrogens with one attached hydrogen (secondary N) is 1. The van der Waals surface area contributed by atoms with E-state index in [1.165, 1.54) is 13.8 Å². The summed E-state index contributed by atoms with van der Waals surface area (Å²) in [6.45, 7) is 2.98. The molecule has 0 fully saturated rings. The van der Waals surface area contributed by atoms with E-state index >= 15 is 0 Å². The molecule has 0 saturated heterocycles. The van der Waals surface area contributed by atoms with Crippen LogP contribution in [0.2, 0.25) is 0 Å². The molecule has 4 N–H and O–H groups in total. The predicted octanol–water partition coefficient (Wildman–Crippen LogP) is 1.05. The first-order chi connectivity index (χ1) is 7.72. The maximum atomic E-state index is 13.1. The molecular formula is C11H14F2N2O2. The summed E-state index contributed by atoms with van der Waals surface area (Å²) in [6.07, 6.45) is 0. The lowest BCUT2D eigenvalue weighted by Crippen LogP contribution is -2.38. The third-order valence-corrected chi connectivity index (χ3v) is 2.06. The normalized spacial score (nSPS) is 11.4. The number of rotatable bonds is 3. The minimum atomic E-state index is -1.25.